The summed E-state index contributed by atoms with van der Waals surface area (Å²) in [6.07, 6.45) is -0.0148. The summed E-state index contributed by atoms with van der Waals surface area (Å²) in [5.74, 6) is 1.44. The van der Waals surface area contributed by atoms with Crippen LogP contribution >= 0.6 is 23.5 Å². The second-order valence-corrected chi connectivity index (χ2v) is 7.79. The Hall–Kier alpha value is -0.0900. The molecule has 0 aliphatic heterocycles. The van der Waals surface area contributed by atoms with Gasteiger partial charge in [0.15, 0.2) is 0 Å². The highest BCUT2D eigenvalue weighted by atomic mass is 32.2. The third-order valence-corrected chi connectivity index (χ3v) is 4.31. The van der Waals surface area contributed by atoms with E-state index < -0.39 is 0 Å². The third kappa shape index (κ3) is 9.60. The molecule has 0 aliphatic rings. The number of ether oxygens (including phenoxy) is 1. The van der Waals surface area contributed by atoms with Crippen LogP contribution in [0.1, 0.15) is 34.6 Å². The van der Waals surface area contributed by atoms with Crippen LogP contribution in [0.25, 0.3) is 0 Å². The maximum atomic E-state index is 11.5. The van der Waals surface area contributed by atoms with Crippen molar-refractivity contribution in [2.45, 2.75) is 51.2 Å². The zero-order valence-electron chi connectivity index (χ0n) is 11.5. The summed E-state index contributed by atoms with van der Waals surface area (Å²) in [6, 6.07) is 0. The summed E-state index contributed by atoms with van der Waals surface area (Å²) in [4.78, 5) is 11.5. The van der Waals surface area contributed by atoms with Crippen LogP contribution in [0.15, 0.2) is 12.2 Å². The Morgan fingerprint density at radius 3 is 1.82 bits per heavy atom. The van der Waals surface area contributed by atoms with Crippen molar-refractivity contribution in [1.29, 1.82) is 0 Å². The lowest BCUT2D eigenvalue weighted by atomic mass is 10.3. The van der Waals surface area contributed by atoms with E-state index in [-0.39, 0.29) is 12.1 Å². The van der Waals surface area contributed by atoms with E-state index in [9.17, 15) is 4.79 Å². The summed E-state index contributed by atoms with van der Waals surface area (Å²) in [7, 11) is 0. The van der Waals surface area contributed by atoms with E-state index in [1.807, 2.05) is 23.5 Å². The van der Waals surface area contributed by atoms with Gasteiger partial charge in [0.1, 0.15) is 6.10 Å². The summed E-state index contributed by atoms with van der Waals surface area (Å²) in [5, 5.41) is 1.12. The predicted octanol–water partition coefficient (Wildman–Crippen LogP) is 3.76. The van der Waals surface area contributed by atoms with E-state index in [2.05, 4.69) is 34.3 Å². The molecular weight excluding hydrogens is 252 g/mol. The average Bonchev–Trinajstić information content (AvgIpc) is 2.21. The van der Waals surface area contributed by atoms with Gasteiger partial charge in [-0.25, -0.2) is 4.79 Å². The van der Waals surface area contributed by atoms with Crippen LogP contribution < -0.4 is 0 Å². The van der Waals surface area contributed by atoms with Crippen molar-refractivity contribution < 1.29 is 9.53 Å². The average molecular weight is 276 g/mol. The van der Waals surface area contributed by atoms with Crippen molar-refractivity contribution in [2.24, 2.45) is 0 Å². The van der Waals surface area contributed by atoms with Crippen LogP contribution in [0.4, 0.5) is 0 Å². The van der Waals surface area contributed by atoms with Crippen molar-refractivity contribution in [1.82, 2.24) is 0 Å². The lowest BCUT2D eigenvalue weighted by Gasteiger charge is -2.19. The van der Waals surface area contributed by atoms with Gasteiger partial charge >= 0.3 is 5.97 Å². The maximum absolute atomic E-state index is 11.5. The smallest absolute Gasteiger partial charge is 0.333 e. The minimum absolute atomic E-state index is 0.0148. The molecule has 100 valence electrons. The molecule has 0 atom stereocenters. The molecule has 0 aliphatic carbocycles. The van der Waals surface area contributed by atoms with Gasteiger partial charge in [-0.05, 0) is 17.4 Å². The highest BCUT2D eigenvalue weighted by molar-refractivity contribution is 8.00. The first-order valence-corrected chi connectivity index (χ1v) is 8.02. The quantitative estimate of drug-likeness (QED) is 0.498. The normalized spacial score (nSPS) is 11.3. The second kappa shape index (κ2) is 8.92. The number of esters is 1. The first-order valence-electron chi connectivity index (χ1n) is 5.92. The van der Waals surface area contributed by atoms with E-state index >= 15 is 0 Å². The SMILES string of the molecule is C=C(C)C(=O)OC(CSC(C)C)CSC(C)C. The Kier molecular flexibility index (Phi) is 8.88. The summed E-state index contributed by atoms with van der Waals surface area (Å²) >= 11 is 3.65. The fourth-order valence-corrected chi connectivity index (χ4v) is 2.69. The molecule has 0 N–H and O–H groups in total. The molecule has 0 saturated heterocycles. The Morgan fingerprint density at radius 2 is 1.53 bits per heavy atom. The van der Waals surface area contributed by atoms with Gasteiger partial charge in [0.2, 0.25) is 0 Å². The van der Waals surface area contributed by atoms with E-state index in [1.54, 1.807) is 6.92 Å². The Bertz CT molecular complexity index is 238. The van der Waals surface area contributed by atoms with Crippen molar-refractivity contribution in [2.75, 3.05) is 11.5 Å². The Labute approximate surface area is 114 Å². The number of thioether (sulfide) groups is 2. The maximum Gasteiger partial charge on any atom is 0.333 e. The van der Waals surface area contributed by atoms with E-state index in [4.69, 9.17) is 4.74 Å². The van der Waals surface area contributed by atoms with Crippen LogP contribution in [0, 0.1) is 0 Å². The topological polar surface area (TPSA) is 26.3 Å². The molecule has 0 saturated carbocycles. The molecular formula is C13H24O2S2. The van der Waals surface area contributed by atoms with Gasteiger partial charge in [-0.1, -0.05) is 34.3 Å². The molecule has 0 rings (SSSR count). The number of hydrogen-bond donors (Lipinski definition) is 0. The zero-order chi connectivity index (χ0) is 13.4. The van der Waals surface area contributed by atoms with Crippen molar-refractivity contribution in [3.63, 3.8) is 0 Å². The van der Waals surface area contributed by atoms with Gasteiger partial charge in [0.25, 0.3) is 0 Å². The lowest BCUT2D eigenvalue weighted by molar-refractivity contribution is -0.142. The van der Waals surface area contributed by atoms with Crippen molar-refractivity contribution >= 4 is 29.5 Å². The van der Waals surface area contributed by atoms with Crippen LogP contribution in [0.3, 0.4) is 0 Å². The minimum Gasteiger partial charge on any atom is -0.457 e. The lowest BCUT2D eigenvalue weighted by Crippen LogP contribution is -2.25. The van der Waals surface area contributed by atoms with E-state index in [1.165, 1.54) is 0 Å². The van der Waals surface area contributed by atoms with Crippen LogP contribution in [0.2, 0.25) is 0 Å². The molecule has 0 spiro atoms. The van der Waals surface area contributed by atoms with Crippen LogP contribution in [-0.2, 0) is 9.53 Å². The molecule has 0 unspecified atom stereocenters. The van der Waals surface area contributed by atoms with E-state index in [0.717, 1.165) is 11.5 Å². The van der Waals surface area contributed by atoms with Gasteiger partial charge < -0.3 is 4.74 Å². The molecule has 0 bridgehead atoms. The van der Waals surface area contributed by atoms with Crippen LogP contribution in [-0.4, -0.2) is 34.1 Å². The highest BCUT2D eigenvalue weighted by Crippen LogP contribution is 2.19. The first kappa shape index (κ1) is 16.9. The molecule has 0 fully saturated rings. The summed E-state index contributed by atoms with van der Waals surface area (Å²) < 4.78 is 5.43. The fourth-order valence-electron chi connectivity index (χ4n) is 0.968. The minimum atomic E-state index is -0.274. The monoisotopic (exact) mass is 276 g/mol. The van der Waals surface area contributed by atoms with Gasteiger partial charge in [0, 0.05) is 17.1 Å². The van der Waals surface area contributed by atoms with Gasteiger partial charge in [-0.2, -0.15) is 23.5 Å². The molecule has 0 radical (unpaired) electrons. The largest absolute Gasteiger partial charge is 0.457 e. The molecule has 0 aromatic rings. The standard InChI is InChI=1S/C13H24O2S2/c1-9(2)13(14)15-12(7-16-10(3)4)8-17-11(5)6/h10-12H,1,7-8H2,2-6H3. The fraction of sp³-hybridized carbons (Fsp3) is 0.769. The van der Waals surface area contributed by atoms with Crippen LogP contribution in [0.5, 0.6) is 0 Å². The molecule has 4 heteroatoms. The third-order valence-electron chi connectivity index (χ3n) is 1.85. The molecule has 0 amide bonds. The number of hydrogen-bond acceptors (Lipinski definition) is 4. The number of carbonyl (C=O) groups excluding carboxylic acids is 1. The summed E-state index contributed by atoms with van der Waals surface area (Å²) in [5.41, 5.74) is 0.471. The van der Waals surface area contributed by atoms with Gasteiger partial charge in [0.05, 0.1) is 0 Å². The Morgan fingerprint density at radius 1 is 1.12 bits per heavy atom. The molecule has 0 aromatic heterocycles. The first-order chi connectivity index (χ1) is 7.82. The molecule has 0 heterocycles. The van der Waals surface area contributed by atoms with Gasteiger partial charge in [-0.3, -0.25) is 0 Å². The van der Waals surface area contributed by atoms with E-state index in [0.29, 0.717) is 16.1 Å². The molecule has 2 nitrogen and oxygen atoms in total. The zero-order valence-corrected chi connectivity index (χ0v) is 13.1. The summed E-state index contributed by atoms with van der Waals surface area (Å²) in [6.45, 7) is 13.9. The predicted molar refractivity (Wildman–Crippen MR) is 79.9 cm³/mol. The molecule has 0 aromatic carbocycles. The Balaban J connectivity index is 4.19. The van der Waals surface area contributed by atoms with Gasteiger partial charge in [-0.15, -0.1) is 0 Å². The number of rotatable bonds is 8. The molecule has 17 heavy (non-hydrogen) atoms. The highest BCUT2D eigenvalue weighted by Gasteiger charge is 2.16. The second-order valence-electron chi connectivity index (χ2n) is 4.57. The van der Waals surface area contributed by atoms with Crippen molar-refractivity contribution in [3.05, 3.63) is 12.2 Å². The number of carbonyl (C=O) groups is 1. The van der Waals surface area contributed by atoms with Crippen molar-refractivity contribution in [3.8, 4) is 0 Å².